The third kappa shape index (κ3) is 28.2. The molecule has 0 saturated carbocycles. The van der Waals surface area contributed by atoms with Gasteiger partial charge in [0.15, 0.2) is 0 Å². The van der Waals surface area contributed by atoms with E-state index in [4.69, 9.17) is 47.4 Å². The molecule has 372 valence electrons. The summed E-state index contributed by atoms with van der Waals surface area (Å²) in [6, 6.07) is 31.0. The summed E-state index contributed by atoms with van der Waals surface area (Å²) in [6.45, 7) is 10.6. The van der Waals surface area contributed by atoms with Crippen LogP contribution in [0.4, 0.5) is 0 Å². The lowest BCUT2D eigenvalue weighted by Gasteiger charge is -2.36. The molecule has 11 heteroatoms. The first-order chi connectivity index (χ1) is 32.8. The van der Waals surface area contributed by atoms with Gasteiger partial charge in [0.2, 0.25) is 0 Å². The normalized spacial score (nSPS) is 11.7. The third-order valence-electron chi connectivity index (χ3n) is 11.2. The maximum atomic E-state index is 12.0. The number of carbonyl (C=O) groups is 1. The van der Waals surface area contributed by atoms with E-state index in [1.165, 1.54) is 83.5 Å². The topological polar surface area (TPSA) is 109 Å². The van der Waals surface area contributed by atoms with Crippen molar-refractivity contribution in [2.45, 2.75) is 115 Å². The van der Waals surface area contributed by atoms with Crippen LogP contribution in [0.15, 0.2) is 91.0 Å². The number of rotatable bonds is 47. The molecule has 0 N–H and O–H groups in total. The molecule has 0 aliphatic rings. The second-order valence-electron chi connectivity index (χ2n) is 16.4. The summed E-state index contributed by atoms with van der Waals surface area (Å²) in [6.07, 6.45) is 20.2. The fourth-order valence-corrected chi connectivity index (χ4v) is 7.59. The number of ether oxygens (including phenoxy) is 10. The maximum absolute atomic E-state index is 12.0. The average Bonchev–Trinajstić information content (AvgIpc) is 3.35. The lowest BCUT2D eigenvalue weighted by atomic mass is 9.80. The summed E-state index contributed by atoms with van der Waals surface area (Å²) >= 11 is 0. The molecule has 0 bridgehead atoms. The number of carbonyl (C=O) groups excluding carboxylic acids is 1. The third-order valence-corrected chi connectivity index (χ3v) is 11.2. The quantitative estimate of drug-likeness (QED) is 0.0307. The Labute approximate surface area is 398 Å². The van der Waals surface area contributed by atoms with Gasteiger partial charge in [0, 0.05) is 6.42 Å². The minimum absolute atomic E-state index is 0.131. The van der Waals surface area contributed by atoms with Gasteiger partial charge in [-0.25, -0.2) is 0 Å². The summed E-state index contributed by atoms with van der Waals surface area (Å²) in [4.78, 5) is 12.0. The number of unbranched alkanes of at least 4 members (excludes halogenated alkanes) is 14. The van der Waals surface area contributed by atoms with Crippen molar-refractivity contribution < 1.29 is 52.2 Å². The molecule has 11 nitrogen and oxygen atoms in total. The molecule has 0 radical (unpaired) electrons. The summed E-state index contributed by atoms with van der Waals surface area (Å²) in [5, 5.41) is 0. The summed E-state index contributed by atoms with van der Waals surface area (Å²) in [7, 11) is 0. The van der Waals surface area contributed by atoms with E-state index in [2.05, 4.69) is 43.3 Å². The molecule has 3 rings (SSSR count). The lowest BCUT2D eigenvalue weighted by Crippen LogP contribution is -2.34. The molecule has 0 atom stereocenters. The maximum Gasteiger partial charge on any atom is 0.305 e. The zero-order valence-corrected chi connectivity index (χ0v) is 40.7. The predicted molar refractivity (Wildman–Crippen MR) is 262 cm³/mol. The first kappa shape index (κ1) is 57.1. The van der Waals surface area contributed by atoms with E-state index in [9.17, 15) is 4.79 Å². The molecule has 0 saturated heterocycles. The van der Waals surface area contributed by atoms with Crippen molar-refractivity contribution in [3.05, 3.63) is 108 Å². The highest BCUT2D eigenvalue weighted by Crippen LogP contribution is 2.40. The van der Waals surface area contributed by atoms with Crippen molar-refractivity contribution in [3.8, 4) is 0 Å². The minimum atomic E-state index is -0.755. The second kappa shape index (κ2) is 41.9. The Hall–Kier alpha value is -3.23. The van der Waals surface area contributed by atoms with Gasteiger partial charge in [-0.05, 0) is 23.1 Å². The van der Waals surface area contributed by atoms with Crippen molar-refractivity contribution >= 4 is 5.97 Å². The van der Waals surface area contributed by atoms with E-state index in [-0.39, 0.29) is 12.6 Å². The van der Waals surface area contributed by atoms with Crippen molar-refractivity contribution in [2.75, 3.05) is 119 Å². The highest BCUT2D eigenvalue weighted by atomic mass is 16.6. The summed E-state index contributed by atoms with van der Waals surface area (Å²) in [5.74, 6) is -0.131. The molecule has 0 amide bonds. The van der Waals surface area contributed by atoms with Gasteiger partial charge in [0.1, 0.15) is 12.2 Å². The summed E-state index contributed by atoms with van der Waals surface area (Å²) in [5.41, 5.74) is 2.44. The molecule has 66 heavy (non-hydrogen) atoms. The van der Waals surface area contributed by atoms with Crippen molar-refractivity contribution in [2.24, 2.45) is 0 Å². The zero-order valence-electron chi connectivity index (χ0n) is 40.7. The van der Waals surface area contributed by atoms with E-state index in [1.807, 2.05) is 54.6 Å². The number of esters is 1. The number of benzene rings is 3. The van der Waals surface area contributed by atoms with Crippen molar-refractivity contribution in [1.82, 2.24) is 0 Å². The molecule has 0 spiro atoms. The van der Waals surface area contributed by atoms with Crippen LogP contribution in [0, 0.1) is 0 Å². The Balaban J connectivity index is 0.989. The van der Waals surface area contributed by atoms with Gasteiger partial charge >= 0.3 is 5.97 Å². The number of hydrogen-bond donors (Lipinski definition) is 0. The van der Waals surface area contributed by atoms with Gasteiger partial charge in [0.05, 0.1) is 112 Å². The Kier molecular flexibility index (Phi) is 36.3. The highest BCUT2D eigenvalue weighted by molar-refractivity contribution is 5.69. The van der Waals surface area contributed by atoms with Crippen molar-refractivity contribution in [1.29, 1.82) is 0 Å². The van der Waals surface area contributed by atoms with Crippen LogP contribution in [-0.4, -0.2) is 125 Å². The molecule has 3 aromatic rings. The fraction of sp³-hybridized carbons (Fsp3) is 0.655. The molecule has 3 aromatic carbocycles. The van der Waals surface area contributed by atoms with Crippen LogP contribution in [0.25, 0.3) is 0 Å². The van der Waals surface area contributed by atoms with Crippen LogP contribution in [0.3, 0.4) is 0 Å². The minimum Gasteiger partial charge on any atom is -0.463 e. The van der Waals surface area contributed by atoms with E-state index >= 15 is 0 Å². The van der Waals surface area contributed by atoms with Gasteiger partial charge in [0.25, 0.3) is 0 Å². The van der Waals surface area contributed by atoms with Crippen molar-refractivity contribution in [3.63, 3.8) is 0 Å². The van der Waals surface area contributed by atoms with E-state index in [0.717, 1.165) is 29.5 Å². The molecular formula is C55H86O11. The molecule has 0 fully saturated rings. The van der Waals surface area contributed by atoms with Gasteiger partial charge in [-0.15, -0.1) is 0 Å². The monoisotopic (exact) mass is 923 g/mol. The standard InChI is InChI=1S/C55H86O11/c1-2-3-4-5-6-7-8-9-10-11-12-13-14-15-25-32-54(56)65-49-47-63-45-43-61-41-39-59-37-35-57-33-34-58-36-38-60-40-42-62-44-46-64-48-50-66-55(51-26-19-16-20-27-51,52-28-21-17-22-29-52)53-30-23-18-24-31-53/h16-24,26-31H,2-15,25,32-50H2,1H3. The fourth-order valence-electron chi connectivity index (χ4n) is 7.59. The average molecular weight is 923 g/mol. The molecule has 0 aliphatic heterocycles. The highest BCUT2D eigenvalue weighted by Gasteiger charge is 2.37. The molecular weight excluding hydrogens is 837 g/mol. The molecule has 0 aliphatic carbocycles. The largest absolute Gasteiger partial charge is 0.463 e. The van der Waals surface area contributed by atoms with Gasteiger partial charge in [-0.1, -0.05) is 188 Å². The first-order valence-corrected chi connectivity index (χ1v) is 25.4. The Morgan fingerprint density at radius 3 is 0.894 bits per heavy atom. The second-order valence-corrected chi connectivity index (χ2v) is 16.4. The first-order valence-electron chi connectivity index (χ1n) is 25.4. The van der Waals surface area contributed by atoms with Crippen LogP contribution < -0.4 is 0 Å². The molecule has 0 heterocycles. The van der Waals surface area contributed by atoms with E-state index in [0.29, 0.717) is 119 Å². The number of hydrogen-bond acceptors (Lipinski definition) is 11. The Morgan fingerprint density at radius 1 is 0.333 bits per heavy atom. The van der Waals surface area contributed by atoms with Crippen LogP contribution in [0.2, 0.25) is 0 Å². The van der Waals surface area contributed by atoms with Crippen LogP contribution in [-0.2, 0) is 57.8 Å². The Morgan fingerprint density at radius 2 is 0.591 bits per heavy atom. The van der Waals surface area contributed by atoms with Gasteiger partial charge in [-0.3, -0.25) is 4.79 Å². The lowest BCUT2D eigenvalue weighted by molar-refractivity contribution is -0.145. The van der Waals surface area contributed by atoms with Gasteiger partial charge < -0.3 is 47.4 Å². The smallest absolute Gasteiger partial charge is 0.305 e. The van der Waals surface area contributed by atoms with Crippen LogP contribution >= 0.6 is 0 Å². The SMILES string of the molecule is CCCCCCCCCCCCCCCCCC(=O)OCCOCCOCCOCCOCCOCCOCCOCCOCCOC(c1ccccc1)(c1ccccc1)c1ccccc1. The van der Waals surface area contributed by atoms with Gasteiger partial charge in [-0.2, -0.15) is 0 Å². The van der Waals surface area contributed by atoms with Crippen LogP contribution in [0.1, 0.15) is 126 Å². The van der Waals surface area contributed by atoms with E-state index in [1.54, 1.807) is 0 Å². The molecule has 0 unspecified atom stereocenters. The summed E-state index contributed by atoms with van der Waals surface area (Å²) < 4.78 is 56.9. The predicted octanol–water partition coefficient (Wildman–Crippen LogP) is 10.9. The molecule has 0 aromatic heterocycles. The van der Waals surface area contributed by atoms with E-state index < -0.39 is 5.60 Å². The Bertz CT molecular complexity index is 1380. The van der Waals surface area contributed by atoms with Crippen LogP contribution in [0.5, 0.6) is 0 Å². The zero-order chi connectivity index (χ0) is 46.5.